The Morgan fingerprint density at radius 2 is 2.00 bits per heavy atom. The van der Waals surface area contributed by atoms with Crippen molar-refractivity contribution in [3.8, 4) is 0 Å². The molecule has 0 fully saturated rings. The van der Waals surface area contributed by atoms with Crippen LogP contribution >= 0.6 is 0 Å². The van der Waals surface area contributed by atoms with E-state index in [0.29, 0.717) is 39.0 Å². The van der Waals surface area contributed by atoms with E-state index in [9.17, 15) is 9.59 Å². The van der Waals surface area contributed by atoms with Gasteiger partial charge in [-0.25, -0.2) is 9.48 Å². The molecule has 8 nitrogen and oxygen atoms in total. The van der Waals surface area contributed by atoms with Crippen LogP contribution in [0.2, 0.25) is 0 Å². The summed E-state index contributed by atoms with van der Waals surface area (Å²) in [7, 11) is 0. The second kappa shape index (κ2) is 9.34. The van der Waals surface area contributed by atoms with Crippen LogP contribution in [-0.2, 0) is 30.8 Å². The lowest BCUT2D eigenvalue weighted by Gasteiger charge is -2.29. The number of nitrogens with one attached hydrogen (secondary N) is 2. The lowest BCUT2D eigenvalue weighted by Crippen LogP contribution is -2.47. The molecule has 1 atom stereocenters. The van der Waals surface area contributed by atoms with Gasteiger partial charge in [-0.15, -0.1) is 5.10 Å². The number of carbonyl (C=O) groups is 2. The molecular weight excluding hydrogens is 356 g/mol. The van der Waals surface area contributed by atoms with E-state index in [1.807, 2.05) is 48.9 Å². The average Bonchev–Trinajstić information content (AvgIpc) is 3.13. The maximum atomic E-state index is 12.4. The fourth-order valence-corrected chi connectivity index (χ4v) is 3.09. The summed E-state index contributed by atoms with van der Waals surface area (Å²) in [5.74, 6) is -0.0206. The summed E-state index contributed by atoms with van der Waals surface area (Å²) in [5.41, 5.74) is 2.78. The third-order valence-electron chi connectivity index (χ3n) is 5.03. The highest BCUT2D eigenvalue weighted by atomic mass is 16.2. The Kier molecular flexibility index (Phi) is 6.62. The molecule has 3 amide bonds. The molecule has 8 heteroatoms. The number of hydrogen-bond donors (Lipinski definition) is 2. The van der Waals surface area contributed by atoms with Crippen LogP contribution in [0.5, 0.6) is 0 Å². The fraction of sp³-hybridized carbons (Fsp3) is 0.500. The van der Waals surface area contributed by atoms with Crippen molar-refractivity contribution in [1.82, 2.24) is 30.5 Å². The monoisotopic (exact) mass is 384 g/mol. The number of urea groups is 1. The van der Waals surface area contributed by atoms with Crippen molar-refractivity contribution in [3.05, 3.63) is 47.3 Å². The summed E-state index contributed by atoms with van der Waals surface area (Å²) in [5, 5.41) is 14.3. The molecular formula is C20H28N6O2. The molecule has 0 saturated heterocycles. The maximum Gasteiger partial charge on any atom is 0.318 e. The first-order chi connectivity index (χ1) is 13.6. The van der Waals surface area contributed by atoms with E-state index in [0.717, 1.165) is 23.4 Å². The topological polar surface area (TPSA) is 92.2 Å². The maximum absolute atomic E-state index is 12.4. The van der Waals surface area contributed by atoms with Gasteiger partial charge in [0.1, 0.15) is 0 Å². The Balaban J connectivity index is 1.52. The summed E-state index contributed by atoms with van der Waals surface area (Å²) in [6, 6.07) is 9.90. The van der Waals surface area contributed by atoms with Gasteiger partial charge in [0.05, 0.1) is 24.5 Å². The SMILES string of the molecule is CCC(C)NC(=O)N1CCn2nnc(CCC(=O)NCc3ccccc3)c2C1. The Hall–Kier alpha value is -2.90. The van der Waals surface area contributed by atoms with Crippen LogP contribution in [0.4, 0.5) is 4.79 Å². The first-order valence-corrected chi connectivity index (χ1v) is 9.84. The Labute approximate surface area is 165 Å². The number of rotatable bonds is 7. The van der Waals surface area contributed by atoms with Crippen LogP contribution in [0.15, 0.2) is 30.3 Å². The zero-order valence-corrected chi connectivity index (χ0v) is 16.5. The van der Waals surface area contributed by atoms with Gasteiger partial charge in [0, 0.05) is 32.0 Å². The summed E-state index contributed by atoms with van der Waals surface area (Å²) >= 11 is 0. The highest BCUT2D eigenvalue weighted by Gasteiger charge is 2.25. The van der Waals surface area contributed by atoms with Gasteiger partial charge in [-0.1, -0.05) is 42.5 Å². The minimum atomic E-state index is -0.0617. The van der Waals surface area contributed by atoms with Crippen molar-refractivity contribution in [1.29, 1.82) is 0 Å². The van der Waals surface area contributed by atoms with Crippen LogP contribution in [-0.4, -0.2) is 44.4 Å². The van der Waals surface area contributed by atoms with E-state index >= 15 is 0 Å². The molecule has 0 aliphatic carbocycles. The molecule has 2 aromatic rings. The van der Waals surface area contributed by atoms with E-state index < -0.39 is 0 Å². The van der Waals surface area contributed by atoms with E-state index in [4.69, 9.17) is 0 Å². The predicted octanol–water partition coefficient (Wildman–Crippen LogP) is 1.85. The predicted molar refractivity (Wildman–Crippen MR) is 105 cm³/mol. The van der Waals surface area contributed by atoms with Crippen molar-refractivity contribution in [2.24, 2.45) is 0 Å². The van der Waals surface area contributed by atoms with Crippen molar-refractivity contribution in [3.63, 3.8) is 0 Å². The van der Waals surface area contributed by atoms with Crippen molar-refractivity contribution in [2.45, 2.75) is 58.8 Å². The van der Waals surface area contributed by atoms with Crippen LogP contribution < -0.4 is 10.6 Å². The van der Waals surface area contributed by atoms with Crippen LogP contribution in [0.25, 0.3) is 0 Å². The van der Waals surface area contributed by atoms with Crippen molar-refractivity contribution in [2.75, 3.05) is 6.54 Å². The average molecular weight is 384 g/mol. The van der Waals surface area contributed by atoms with Crippen LogP contribution in [0, 0.1) is 0 Å². The number of amides is 3. The molecule has 2 N–H and O–H groups in total. The zero-order valence-electron chi connectivity index (χ0n) is 16.5. The summed E-state index contributed by atoms with van der Waals surface area (Å²) in [6.07, 6.45) is 1.75. The highest BCUT2D eigenvalue weighted by Crippen LogP contribution is 2.16. The van der Waals surface area contributed by atoms with Gasteiger partial charge in [0.25, 0.3) is 0 Å². The Morgan fingerprint density at radius 1 is 1.21 bits per heavy atom. The van der Waals surface area contributed by atoms with Crippen LogP contribution in [0.1, 0.15) is 43.6 Å². The van der Waals surface area contributed by atoms with Gasteiger partial charge in [-0.2, -0.15) is 0 Å². The zero-order chi connectivity index (χ0) is 19.9. The third kappa shape index (κ3) is 5.09. The molecule has 1 aromatic heterocycles. The molecule has 0 spiro atoms. The van der Waals surface area contributed by atoms with Gasteiger partial charge in [-0.05, 0) is 18.9 Å². The van der Waals surface area contributed by atoms with Gasteiger partial charge in [0.15, 0.2) is 0 Å². The standard InChI is InChI=1S/C20H28N6O2/c1-3-15(2)22-20(28)25-11-12-26-18(14-25)17(23-24-26)9-10-19(27)21-13-16-7-5-4-6-8-16/h4-8,15H,3,9-14H2,1-2H3,(H,21,27)(H,22,28). The molecule has 2 heterocycles. The number of carbonyl (C=O) groups excluding carboxylic acids is 2. The molecule has 0 bridgehead atoms. The molecule has 1 aromatic carbocycles. The number of fused-ring (bicyclic) bond motifs is 1. The molecule has 1 aliphatic heterocycles. The number of hydrogen-bond acceptors (Lipinski definition) is 4. The number of aryl methyl sites for hydroxylation is 1. The quantitative estimate of drug-likeness (QED) is 0.762. The lowest BCUT2D eigenvalue weighted by atomic mass is 10.1. The van der Waals surface area contributed by atoms with E-state index in [1.54, 1.807) is 4.90 Å². The van der Waals surface area contributed by atoms with E-state index in [-0.39, 0.29) is 18.0 Å². The molecule has 28 heavy (non-hydrogen) atoms. The molecule has 150 valence electrons. The summed E-state index contributed by atoms with van der Waals surface area (Å²) < 4.78 is 1.84. The summed E-state index contributed by atoms with van der Waals surface area (Å²) in [4.78, 5) is 26.3. The molecule has 0 saturated carbocycles. The van der Waals surface area contributed by atoms with Gasteiger partial charge in [0.2, 0.25) is 5.91 Å². The first-order valence-electron chi connectivity index (χ1n) is 9.84. The van der Waals surface area contributed by atoms with E-state index in [2.05, 4.69) is 20.9 Å². The van der Waals surface area contributed by atoms with Crippen molar-refractivity contribution >= 4 is 11.9 Å². The smallest absolute Gasteiger partial charge is 0.318 e. The minimum absolute atomic E-state index is 0.0206. The number of aromatic nitrogens is 3. The first kappa shape index (κ1) is 19.9. The lowest BCUT2D eigenvalue weighted by molar-refractivity contribution is -0.121. The Bertz CT molecular complexity index is 804. The Morgan fingerprint density at radius 3 is 2.75 bits per heavy atom. The fourth-order valence-electron chi connectivity index (χ4n) is 3.09. The summed E-state index contributed by atoms with van der Waals surface area (Å²) in [6.45, 7) is 6.25. The van der Waals surface area contributed by atoms with Crippen LogP contribution in [0.3, 0.4) is 0 Å². The normalized spacial score (nSPS) is 14.3. The van der Waals surface area contributed by atoms with Crippen molar-refractivity contribution < 1.29 is 9.59 Å². The number of benzene rings is 1. The largest absolute Gasteiger partial charge is 0.352 e. The minimum Gasteiger partial charge on any atom is -0.352 e. The van der Waals surface area contributed by atoms with Gasteiger partial charge < -0.3 is 15.5 Å². The van der Waals surface area contributed by atoms with Gasteiger partial charge >= 0.3 is 6.03 Å². The molecule has 0 radical (unpaired) electrons. The third-order valence-corrected chi connectivity index (χ3v) is 5.03. The second-order valence-electron chi connectivity index (χ2n) is 7.15. The molecule has 3 rings (SSSR count). The van der Waals surface area contributed by atoms with Gasteiger partial charge in [-0.3, -0.25) is 4.79 Å². The van der Waals surface area contributed by atoms with E-state index in [1.165, 1.54) is 0 Å². The number of nitrogens with zero attached hydrogens (tertiary/aromatic N) is 4. The molecule has 1 aliphatic rings. The second-order valence-corrected chi connectivity index (χ2v) is 7.15. The molecule has 1 unspecified atom stereocenters. The highest BCUT2D eigenvalue weighted by molar-refractivity contribution is 5.76.